The fourth-order valence-electron chi connectivity index (χ4n) is 2.62. The molecule has 2 heterocycles. The number of hydrogen-bond donors (Lipinski definition) is 1. The lowest BCUT2D eigenvalue weighted by atomic mass is 10.3. The molecule has 0 bridgehead atoms. The van der Waals surface area contributed by atoms with Gasteiger partial charge < -0.3 is 20.3 Å². The van der Waals surface area contributed by atoms with Crippen molar-refractivity contribution in [1.82, 2.24) is 9.88 Å². The molecule has 26 heavy (non-hydrogen) atoms. The van der Waals surface area contributed by atoms with Crippen LogP contribution in [0.5, 0.6) is 5.75 Å². The highest BCUT2D eigenvalue weighted by Crippen LogP contribution is 2.24. The maximum absolute atomic E-state index is 6.16. The molecule has 0 radical (unpaired) electrons. The van der Waals surface area contributed by atoms with Gasteiger partial charge in [-0.3, -0.25) is 0 Å². The van der Waals surface area contributed by atoms with Gasteiger partial charge in [0.05, 0.1) is 11.0 Å². The largest absolute Gasteiger partial charge is 0.488 e. The Morgan fingerprint density at radius 2 is 2.08 bits per heavy atom. The molecule has 1 aromatic heterocycles. The first kappa shape index (κ1) is 21.2. The predicted molar refractivity (Wildman–Crippen MR) is 122 cm³/mol. The average molecular weight is 552 g/mol. The quantitative estimate of drug-likeness (QED) is 0.350. The maximum Gasteiger partial charge on any atom is 0.191 e. The number of benzene rings is 1. The number of nitrogens with zero attached hydrogens (tertiary/aromatic N) is 4. The number of halogens is 2. The Balaban J connectivity index is 0.00000243. The summed E-state index contributed by atoms with van der Waals surface area (Å²) in [5.41, 5.74) is 6.16. The van der Waals surface area contributed by atoms with Gasteiger partial charge in [-0.15, -0.1) is 35.3 Å². The minimum atomic E-state index is -0.0474. The molecule has 1 aliphatic rings. The molecule has 6 nitrogen and oxygen atoms in total. The topological polar surface area (TPSA) is 67.0 Å². The van der Waals surface area contributed by atoms with E-state index in [0.29, 0.717) is 12.5 Å². The number of thiazole rings is 1. The monoisotopic (exact) mass is 551 g/mol. The number of anilines is 1. The van der Waals surface area contributed by atoms with Crippen molar-refractivity contribution in [2.75, 3.05) is 37.6 Å². The molecule has 0 aliphatic carbocycles. The Morgan fingerprint density at radius 3 is 2.73 bits per heavy atom. The van der Waals surface area contributed by atoms with Gasteiger partial charge in [-0.05, 0) is 35.0 Å². The van der Waals surface area contributed by atoms with Gasteiger partial charge in [0.2, 0.25) is 0 Å². The molecule has 0 amide bonds. The number of aliphatic imine (C=N–C) groups is 1. The average Bonchev–Trinajstić information content (AvgIpc) is 3.16. The van der Waals surface area contributed by atoms with Crippen LogP contribution in [0, 0.1) is 0 Å². The summed E-state index contributed by atoms with van der Waals surface area (Å²) in [6.45, 7) is 6.05. The lowest BCUT2D eigenvalue weighted by molar-refractivity contribution is 0.228. The van der Waals surface area contributed by atoms with E-state index in [-0.39, 0.29) is 30.1 Å². The molecule has 3 rings (SSSR count). The number of nitrogens with two attached hydrogens (primary N) is 1. The second-order valence-corrected chi connectivity index (χ2v) is 7.57. The van der Waals surface area contributed by atoms with E-state index < -0.39 is 0 Å². The predicted octanol–water partition coefficient (Wildman–Crippen LogP) is 3.43. The number of para-hydroxylation sites is 1. The highest BCUT2D eigenvalue weighted by molar-refractivity contribution is 14.0. The van der Waals surface area contributed by atoms with E-state index >= 15 is 0 Å². The van der Waals surface area contributed by atoms with Crippen molar-refractivity contribution in [3.05, 3.63) is 40.3 Å². The molecule has 1 aromatic carbocycles. The van der Waals surface area contributed by atoms with Crippen LogP contribution in [0.2, 0.25) is 0 Å². The van der Waals surface area contributed by atoms with E-state index in [4.69, 9.17) is 10.5 Å². The van der Waals surface area contributed by atoms with Gasteiger partial charge in [0, 0.05) is 37.8 Å². The van der Waals surface area contributed by atoms with Crippen LogP contribution in [0.25, 0.3) is 0 Å². The van der Waals surface area contributed by atoms with Crippen molar-refractivity contribution in [1.29, 1.82) is 0 Å². The van der Waals surface area contributed by atoms with Crippen LogP contribution in [-0.2, 0) is 0 Å². The molecule has 1 fully saturated rings. The first-order valence-corrected chi connectivity index (χ1v) is 9.91. The van der Waals surface area contributed by atoms with Gasteiger partial charge >= 0.3 is 0 Å². The van der Waals surface area contributed by atoms with Gasteiger partial charge in [-0.2, -0.15) is 0 Å². The van der Waals surface area contributed by atoms with Gasteiger partial charge in [-0.25, -0.2) is 9.98 Å². The zero-order chi connectivity index (χ0) is 17.6. The van der Waals surface area contributed by atoms with Crippen molar-refractivity contribution in [3.63, 3.8) is 0 Å². The third-order valence-electron chi connectivity index (χ3n) is 3.97. The van der Waals surface area contributed by atoms with Crippen molar-refractivity contribution in [2.24, 2.45) is 10.7 Å². The molecule has 2 aromatic rings. The molecule has 1 atom stereocenters. The number of piperazine rings is 1. The molecular formula is C17H23BrIN5OS. The zero-order valence-electron chi connectivity index (χ0n) is 14.5. The molecule has 0 spiro atoms. The summed E-state index contributed by atoms with van der Waals surface area (Å²) in [7, 11) is 0. The highest BCUT2D eigenvalue weighted by Gasteiger charge is 2.20. The van der Waals surface area contributed by atoms with Crippen LogP contribution >= 0.6 is 51.2 Å². The van der Waals surface area contributed by atoms with Crippen LogP contribution in [0.3, 0.4) is 0 Å². The van der Waals surface area contributed by atoms with E-state index in [1.165, 1.54) is 0 Å². The molecule has 1 aliphatic heterocycles. The van der Waals surface area contributed by atoms with Gasteiger partial charge in [-0.1, -0.05) is 12.1 Å². The van der Waals surface area contributed by atoms with Gasteiger partial charge in [0.1, 0.15) is 11.9 Å². The van der Waals surface area contributed by atoms with Gasteiger partial charge in [0.25, 0.3) is 0 Å². The van der Waals surface area contributed by atoms with Crippen molar-refractivity contribution in [2.45, 2.75) is 13.0 Å². The zero-order valence-corrected chi connectivity index (χ0v) is 19.3. The van der Waals surface area contributed by atoms with E-state index in [0.717, 1.165) is 41.5 Å². The van der Waals surface area contributed by atoms with E-state index in [1.807, 2.05) is 42.8 Å². The molecule has 1 unspecified atom stereocenters. The Morgan fingerprint density at radius 1 is 1.35 bits per heavy atom. The molecule has 9 heteroatoms. The van der Waals surface area contributed by atoms with E-state index in [9.17, 15) is 0 Å². The Kier molecular flexibility index (Phi) is 8.42. The van der Waals surface area contributed by atoms with Gasteiger partial charge in [0.15, 0.2) is 11.1 Å². The normalized spacial score (nSPS) is 16.2. The fourth-order valence-corrected chi connectivity index (χ4v) is 3.69. The summed E-state index contributed by atoms with van der Waals surface area (Å²) in [5, 5.41) is 3.08. The van der Waals surface area contributed by atoms with Crippen molar-refractivity contribution < 1.29 is 4.74 Å². The van der Waals surface area contributed by atoms with E-state index in [2.05, 4.69) is 35.7 Å². The Labute approximate surface area is 183 Å². The summed E-state index contributed by atoms with van der Waals surface area (Å²) >= 11 is 5.16. The minimum absolute atomic E-state index is 0. The molecule has 1 saturated heterocycles. The summed E-state index contributed by atoms with van der Waals surface area (Å²) in [4.78, 5) is 13.3. The van der Waals surface area contributed by atoms with Crippen LogP contribution in [0.15, 0.2) is 45.3 Å². The van der Waals surface area contributed by atoms with Crippen LogP contribution in [-0.4, -0.2) is 54.7 Å². The summed E-state index contributed by atoms with van der Waals surface area (Å²) in [6.07, 6.45) is 1.79. The number of ether oxygens (including phenoxy) is 1. The molecule has 142 valence electrons. The highest BCUT2D eigenvalue weighted by atomic mass is 127. The number of rotatable bonds is 5. The van der Waals surface area contributed by atoms with Crippen LogP contribution in [0.4, 0.5) is 5.13 Å². The van der Waals surface area contributed by atoms with Crippen molar-refractivity contribution in [3.8, 4) is 5.75 Å². The first-order chi connectivity index (χ1) is 12.1. The van der Waals surface area contributed by atoms with Crippen LogP contribution < -0.4 is 15.4 Å². The van der Waals surface area contributed by atoms with Crippen molar-refractivity contribution >= 4 is 62.3 Å². The van der Waals surface area contributed by atoms with Crippen LogP contribution in [0.1, 0.15) is 6.92 Å². The fraction of sp³-hybridized carbons (Fsp3) is 0.412. The second kappa shape index (κ2) is 10.3. The minimum Gasteiger partial charge on any atom is -0.488 e. The third-order valence-corrected chi connectivity index (χ3v) is 5.46. The number of hydrogen-bond acceptors (Lipinski definition) is 5. The summed E-state index contributed by atoms with van der Waals surface area (Å²) in [6, 6.07) is 7.81. The summed E-state index contributed by atoms with van der Waals surface area (Å²) in [5.74, 6) is 1.40. The number of aromatic nitrogens is 1. The Hall–Kier alpha value is -1.07. The van der Waals surface area contributed by atoms with E-state index in [1.54, 1.807) is 11.3 Å². The lowest BCUT2D eigenvalue weighted by Gasteiger charge is -2.35. The lowest BCUT2D eigenvalue weighted by Crippen LogP contribution is -2.51. The third kappa shape index (κ3) is 5.71. The molecule has 2 N–H and O–H groups in total. The summed E-state index contributed by atoms with van der Waals surface area (Å²) < 4.78 is 6.85. The standard InChI is InChI=1S/C17H22BrN5OS.HI/c1-13(24-15-5-3-2-4-14(15)18)12-21-16(19)22-7-9-23(10-8-22)17-20-6-11-25-17;/h2-6,11,13H,7-10,12H2,1H3,(H2,19,21);1H. The SMILES string of the molecule is CC(CN=C(N)N1CCN(c2nccs2)CC1)Oc1ccccc1Br.I. The number of guanidine groups is 1. The second-order valence-electron chi connectivity index (χ2n) is 5.85. The maximum atomic E-state index is 6.16. The smallest absolute Gasteiger partial charge is 0.191 e. The Bertz CT molecular complexity index is 707. The first-order valence-electron chi connectivity index (χ1n) is 8.24. The molecular weight excluding hydrogens is 529 g/mol. The molecule has 0 saturated carbocycles.